The molecule has 3 aliphatic rings. The number of amides is 1. The van der Waals surface area contributed by atoms with Crippen LogP contribution in [0.2, 0.25) is 0 Å². The van der Waals surface area contributed by atoms with E-state index in [2.05, 4.69) is 38.9 Å². The first-order valence-electron chi connectivity index (χ1n) is 10.6. The third-order valence-electron chi connectivity index (χ3n) is 6.76. The third kappa shape index (κ3) is 3.52. The van der Waals surface area contributed by atoms with Crippen LogP contribution in [0.4, 0.5) is 0 Å². The maximum absolute atomic E-state index is 13.3. The van der Waals surface area contributed by atoms with E-state index in [4.69, 9.17) is 4.74 Å². The largest absolute Gasteiger partial charge is 0.381 e. The molecule has 2 N–H and O–H groups in total. The summed E-state index contributed by atoms with van der Waals surface area (Å²) in [6, 6.07) is 0.476. The van der Waals surface area contributed by atoms with E-state index in [-0.39, 0.29) is 17.5 Å². The first kappa shape index (κ1) is 18.9. The number of H-pyrrole nitrogens is 1. The Bertz CT molecular complexity index is 643. The predicted molar refractivity (Wildman–Crippen MR) is 103 cm³/mol. The molecule has 0 aromatic carbocycles. The van der Waals surface area contributed by atoms with Gasteiger partial charge < -0.3 is 14.6 Å². The Labute approximate surface area is 161 Å². The summed E-state index contributed by atoms with van der Waals surface area (Å²) in [6.07, 6.45) is 6.58. The molecule has 7 nitrogen and oxygen atoms in total. The molecule has 27 heavy (non-hydrogen) atoms. The summed E-state index contributed by atoms with van der Waals surface area (Å²) in [6.45, 7) is 9.58. The Morgan fingerprint density at radius 3 is 2.63 bits per heavy atom. The highest BCUT2D eigenvalue weighted by Crippen LogP contribution is 2.37. The Morgan fingerprint density at radius 1 is 1.26 bits per heavy atom. The monoisotopic (exact) mass is 375 g/mol. The summed E-state index contributed by atoms with van der Waals surface area (Å²) < 4.78 is 5.58. The second kappa shape index (κ2) is 7.89. The number of carbonyl (C=O) groups is 1. The van der Waals surface area contributed by atoms with Gasteiger partial charge in [0.25, 0.3) is 0 Å². The summed E-state index contributed by atoms with van der Waals surface area (Å²) in [5, 5.41) is 3.70. The topological polar surface area (TPSA) is 73.5 Å². The molecule has 2 saturated heterocycles. The van der Waals surface area contributed by atoms with Crippen molar-refractivity contribution in [1.29, 1.82) is 0 Å². The van der Waals surface area contributed by atoms with Crippen LogP contribution in [0.3, 0.4) is 0 Å². The van der Waals surface area contributed by atoms with Crippen LogP contribution in [0.25, 0.3) is 0 Å². The number of aromatic nitrogens is 2. The van der Waals surface area contributed by atoms with Gasteiger partial charge in [-0.25, -0.2) is 4.98 Å². The molecule has 0 unspecified atom stereocenters. The predicted octanol–water partition coefficient (Wildman–Crippen LogP) is 1.26. The molecule has 1 aromatic rings. The smallest absolute Gasteiger partial charge is 0.240 e. The fourth-order valence-electron chi connectivity index (χ4n) is 5.13. The standard InChI is InChI=1S/C20H33N5O2/c1-3-15(4-2)24-7-9-25(10-8-24)19(26)17-13-16-18(22-14-21-16)20(23-17)5-11-27-12-6-20/h14-15,17,23H,3-13H2,1-2H3,(H,21,22)/t17-/m0/s1. The Balaban J connectivity index is 1.44. The van der Waals surface area contributed by atoms with Crippen LogP contribution in [-0.4, -0.2) is 77.2 Å². The van der Waals surface area contributed by atoms with Gasteiger partial charge in [0.15, 0.2) is 0 Å². The summed E-state index contributed by atoms with van der Waals surface area (Å²) in [4.78, 5) is 25.8. The quantitative estimate of drug-likeness (QED) is 0.829. The van der Waals surface area contributed by atoms with Gasteiger partial charge in [0.05, 0.1) is 23.6 Å². The fourth-order valence-corrected chi connectivity index (χ4v) is 5.13. The highest BCUT2D eigenvalue weighted by Gasteiger charge is 2.45. The minimum Gasteiger partial charge on any atom is -0.381 e. The molecule has 0 radical (unpaired) electrons. The van der Waals surface area contributed by atoms with E-state index in [0.717, 1.165) is 50.4 Å². The molecule has 0 saturated carbocycles. The van der Waals surface area contributed by atoms with Crippen molar-refractivity contribution in [3.63, 3.8) is 0 Å². The average Bonchev–Trinajstić information content (AvgIpc) is 3.19. The molecule has 7 heteroatoms. The number of imidazole rings is 1. The molecule has 0 bridgehead atoms. The van der Waals surface area contributed by atoms with Gasteiger partial charge in [0.2, 0.25) is 5.91 Å². The molecule has 150 valence electrons. The van der Waals surface area contributed by atoms with Gasteiger partial charge >= 0.3 is 0 Å². The highest BCUT2D eigenvalue weighted by molar-refractivity contribution is 5.83. The Kier molecular flexibility index (Phi) is 5.53. The van der Waals surface area contributed by atoms with Crippen LogP contribution in [0.5, 0.6) is 0 Å². The van der Waals surface area contributed by atoms with Crippen LogP contribution in [0.1, 0.15) is 50.9 Å². The van der Waals surface area contributed by atoms with Gasteiger partial charge in [-0.1, -0.05) is 13.8 Å². The molecular formula is C20H33N5O2. The number of aromatic amines is 1. The van der Waals surface area contributed by atoms with Gasteiger partial charge in [0.1, 0.15) is 0 Å². The van der Waals surface area contributed by atoms with Gasteiger partial charge in [-0.05, 0) is 25.7 Å². The minimum absolute atomic E-state index is 0.171. The molecule has 2 fully saturated rings. The van der Waals surface area contributed by atoms with E-state index in [1.165, 1.54) is 12.8 Å². The van der Waals surface area contributed by atoms with Gasteiger partial charge in [-0.2, -0.15) is 0 Å². The normalized spacial score (nSPS) is 25.7. The molecular weight excluding hydrogens is 342 g/mol. The van der Waals surface area contributed by atoms with E-state index in [1.54, 1.807) is 6.33 Å². The average molecular weight is 376 g/mol. The number of piperazine rings is 1. The lowest BCUT2D eigenvalue weighted by Crippen LogP contribution is -2.62. The number of ether oxygens (including phenoxy) is 1. The van der Waals surface area contributed by atoms with Crippen LogP contribution < -0.4 is 5.32 Å². The van der Waals surface area contributed by atoms with Crippen LogP contribution in [0, 0.1) is 0 Å². The van der Waals surface area contributed by atoms with Crippen molar-refractivity contribution in [2.75, 3.05) is 39.4 Å². The van der Waals surface area contributed by atoms with Crippen molar-refractivity contribution in [2.45, 2.75) is 63.6 Å². The van der Waals surface area contributed by atoms with E-state index < -0.39 is 0 Å². The second-order valence-electron chi connectivity index (χ2n) is 8.16. The molecule has 3 aliphatic heterocycles. The van der Waals surface area contributed by atoms with Gasteiger partial charge in [0, 0.05) is 57.5 Å². The molecule has 1 atom stereocenters. The van der Waals surface area contributed by atoms with Crippen LogP contribution >= 0.6 is 0 Å². The van der Waals surface area contributed by atoms with Crippen LogP contribution in [-0.2, 0) is 21.5 Å². The van der Waals surface area contributed by atoms with Crippen molar-refractivity contribution in [3.05, 3.63) is 17.7 Å². The number of nitrogens with one attached hydrogen (secondary N) is 2. The van der Waals surface area contributed by atoms with Crippen molar-refractivity contribution >= 4 is 5.91 Å². The molecule has 1 amide bonds. The van der Waals surface area contributed by atoms with Crippen molar-refractivity contribution in [2.24, 2.45) is 0 Å². The summed E-state index contributed by atoms with van der Waals surface area (Å²) in [7, 11) is 0. The van der Waals surface area contributed by atoms with Crippen molar-refractivity contribution in [3.8, 4) is 0 Å². The lowest BCUT2D eigenvalue weighted by Gasteiger charge is -2.45. The highest BCUT2D eigenvalue weighted by atomic mass is 16.5. The zero-order valence-electron chi connectivity index (χ0n) is 16.7. The maximum atomic E-state index is 13.3. The van der Waals surface area contributed by atoms with E-state index in [9.17, 15) is 4.79 Å². The minimum atomic E-state index is -0.219. The van der Waals surface area contributed by atoms with E-state index in [1.807, 2.05) is 0 Å². The van der Waals surface area contributed by atoms with Gasteiger partial charge in [-0.15, -0.1) is 0 Å². The Hall–Kier alpha value is -1.44. The number of fused-ring (bicyclic) bond motifs is 2. The molecule has 0 aliphatic carbocycles. The third-order valence-corrected chi connectivity index (χ3v) is 6.76. The zero-order chi connectivity index (χ0) is 18.9. The summed E-state index contributed by atoms with van der Waals surface area (Å²) in [5.74, 6) is 0.241. The lowest BCUT2D eigenvalue weighted by molar-refractivity contribution is -0.137. The first-order chi connectivity index (χ1) is 13.2. The molecule has 4 heterocycles. The number of rotatable bonds is 4. The molecule has 1 spiro atoms. The first-order valence-corrected chi connectivity index (χ1v) is 10.6. The maximum Gasteiger partial charge on any atom is 0.240 e. The fraction of sp³-hybridized carbons (Fsp3) is 0.800. The van der Waals surface area contributed by atoms with Crippen LogP contribution in [0.15, 0.2) is 6.33 Å². The molecule has 4 rings (SSSR count). The zero-order valence-corrected chi connectivity index (χ0v) is 16.7. The molecule has 1 aromatic heterocycles. The van der Waals surface area contributed by atoms with E-state index in [0.29, 0.717) is 25.7 Å². The van der Waals surface area contributed by atoms with Crippen molar-refractivity contribution < 1.29 is 9.53 Å². The number of carbonyl (C=O) groups excluding carboxylic acids is 1. The Morgan fingerprint density at radius 2 is 1.96 bits per heavy atom. The summed E-state index contributed by atoms with van der Waals surface area (Å²) in [5.41, 5.74) is 1.99. The van der Waals surface area contributed by atoms with Crippen molar-refractivity contribution in [1.82, 2.24) is 25.1 Å². The lowest BCUT2D eigenvalue weighted by atomic mass is 9.80. The number of hydrogen-bond acceptors (Lipinski definition) is 5. The number of hydrogen-bond donors (Lipinski definition) is 2. The number of nitrogens with zero attached hydrogens (tertiary/aromatic N) is 3. The second-order valence-corrected chi connectivity index (χ2v) is 8.16. The summed E-state index contributed by atoms with van der Waals surface area (Å²) >= 11 is 0. The SMILES string of the molecule is CCC(CC)N1CCN(C(=O)[C@@H]2Cc3[nH]cnc3C3(CCOCC3)N2)CC1. The van der Waals surface area contributed by atoms with Gasteiger partial charge in [-0.3, -0.25) is 15.0 Å². The van der Waals surface area contributed by atoms with E-state index >= 15 is 0 Å².